The lowest BCUT2D eigenvalue weighted by molar-refractivity contribution is 0.234. The first-order valence-corrected chi connectivity index (χ1v) is 8.00. The van der Waals surface area contributed by atoms with Gasteiger partial charge >= 0.3 is 6.03 Å². The van der Waals surface area contributed by atoms with E-state index in [1.165, 1.54) is 25.7 Å². The molecule has 0 aromatic carbocycles. The number of rotatable bonds is 5. The van der Waals surface area contributed by atoms with Crippen LogP contribution in [0.25, 0.3) is 0 Å². The van der Waals surface area contributed by atoms with E-state index in [0.717, 1.165) is 50.1 Å². The number of carbonyl (C=O) groups is 1. The molecule has 3 aliphatic rings. The summed E-state index contributed by atoms with van der Waals surface area (Å²) in [4.78, 5) is 11.8. The number of amides is 2. The zero-order valence-corrected chi connectivity index (χ0v) is 11.7. The maximum absolute atomic E-state index is 11.8. The lowest BCUT2D eigenvalue weighted by Gasteiger charge is -2.25. The molecule has 0 aliphatic heterocycles. The van der Waals surface area contributed by atoms with Crippen LogP contribution < -0.4 is 16.4 Å². The summed E-state index contributed by atoms with van der Waals surface area (Å²) < 4.78 is 0. The first-order valence-electron chi connectivity index (χ1n) is 8.00. The van der Waals surface area contributed by atoms with Crippen LogP contribution in [0.1, 0.15) is 44.9 Å². The van der Waals surface area contributed by atoms with Gasteiger partial charge in [0.25, 0.3) is 0 Å². The van der Waals surface area contributed by atoms with Crippen LogP contribution in [-0.2, 0) is 0 Å². The van der Waals surface area contributed by atoms with Gasteiger partial charge in [0, 0.05) is 12.6 Å². The lowest BCUT2D eigenvalue weighted by Crippen LogP contribution is -2.42. The lowest BCUT2D eigenvalue weighted by atomic mass is 9.81. The highest BCUT2D eigenvalue weighted by Crippen LogP contribution is 2.51. The molecule has 4 atom stereocenters. The fourth-order valence-electron chi connectivity index (χ4n) is 3.83. The van der Waals surface area contributed by atoms with Crippen LogP contribution in [0.5, 0.6) is 0 Å². The smallest absolute Gasteiger partial charge is 0.315 e. The van der Waals surface area contributed by atoms with Crippen LogP contribution in [0.4, 0.5) is 4.79 Å². The van der Waals surface area contributed by atoms with Crippen molar-refractivity contribution in [1.29, 1.82) is 0 Å². The molecule has 0 radical (unpaired) electrons. The Morgan fingerprint density at radius 2 is 2.00 bits per heavy atom. The molecule has 0 spiro atoms. The van der Waals surface area contributed by atoms with Crippen molar-refractivity contribution in [3.05, 3.63) is 0 Å². The van der Waals surface area contributed by atoms with Gasteiger partial charge in [0.2, 0.25) is 0 Å². The number of urea groups is 1. The van der Waals surface area contributed by atoms with Crippen LogP contribution in [0.15, 0.2) is 0 Å². The van der Waals surface area contributed by atoms with Crippen LogP contribution in [0.3, 0.4) is 0 Å². The molecule has 3 aliphatic carbocycles. The second-order valence-corrected chi connectivity index (χ2v) is 6.82. The van der Waals surface area contributed by atoms with E-state index in [0.29, 0.717) is 12.0 Å². The van der Waals surface area contributed by atoms with Gasteiger partial charge in [-0.25, -0.2) is 4.79 Å². The monoisotopic (exact) mass is 265 g/mol. The number of hydrogen-bond donors (Lipinski definition) is 3. The molecule has 0 saturated heterocycles. The molecule has 4 heteroatoms. The van der Waals surface area contributed by atoms with Crippen molar-refractivity contribution in [2.75, 3.05) is 13.1 Å². The summed E-state index contributed by atoms with van der Waals surface area (Å²) in [5, 5.41) is 6.15. The molecule has 108 valence electrons. The van der Waals surface area contributed by atoms with Crippen molar-refractivity contribution in [2.45, 2.75) is 51.0 Å². The zero-order valence-electron chi connectivity index (χ0n) is 11.7. The number of nitrogens with two attached hydrogens (primary N) is 1. The SMILES string of the molecule is NCC1CCC(NC(=O)NC[C@@H]2C[C@H]2C2CCC2)C1. The highest BCUT2D eigenvalue weighted by atomic mass is 16.2. The predicted octanol–water partition coefficient (Wildman–Crippen LogP) is 1.85. The van der Waals surface area contributed by atoms with Gasteiger partial charge in [0.05, 0.1) is 0 Å². The van der Waals surface area contributed by atoms with Gasteiger partial charge < -0.3 is 16.4 Å². The second-order valence-electron chi connectivity index (χ2n) is 6.82. The summed E-state index contributed by atoms with van der Waals surface area (Å²) in [6.07, 6.45) is 8.91. The van der Waals surface area contributed by atoms with Crippen molar-refractivity contribution in [3.63, 3.8) is 0 Å². The van der Waals surface area contributed by atoms with E-state index in [2.05, 4.69) is 10.6 Å². The number of hydrogen-bond acceptors (Lipinski definition) is 2. The topological polar surface area (TPSA) is 67.1 Å². The Kier molecular flexibility index (Phi) is 3.96. The third-order valence-electron chi connectivity index (χ3n) is 5.47. The van der Waals surface area contributed by atoms with Gasteiger partial charge in [-0.2, -0.15) is 0 Å². The van der Waals surface area contributed by atoms with Gasteiger partial charge in [-0.3, -0.25) is 0 Å². The maximum Gasteiger partial charge on any atom is 0.315 e. The summed E-state index contributed by atoms with van der Waals surface area (Å²) in [6.45, 7) is 1.63. The molecular formula is C15H27N3O. The maximum atomic E-state index is 11.8. The Bertz CT molecular complexity index is 329. The average Bonchev–Trinajstić information content (AvgIpc) is 2.92. The molecule has 0 aromatic rings. The Morgan fingerprint density at radius 3 is 2.63 bits per heavy atom. The van der Waals surface area contributed by atoms with Crippen molar-refractivity contribution >= 4 is 6.03 Å². The second kappa shape index (κ2) is 5.70. The van der Waals surface area contributed by atoms with Crippen LogP contribution in [0.2, 0.25) is 0 Å². The summed E-state index contributed by atoms with van der Waals surface area (Å²) in [7, 11) is 0. The van der Waals surface area contributed by atoms with Crippen molar-refractivity contribution in [1.82, 2.24) is 10.6 Å². The summed E-state index contributed by atoms with van der Waals surface area (Å²) in [5.74, 6) is 3.27. The van der Waals surface area contributed by atoms with Crippen molar-refractivity contribution < 1.29 is 4.79 Å². The highest BCUT2D eigenvalue weighted by Gasteiger charge is 2.44. The molecule has 0 heterocycles. The average molecular weight is 265 g/mol. The normalized spacial score (nSPS) is 37.7. The third kappa shape index (κ3) is 3.22. The molecule has 3 saturated carbocycles. The Hall–Kier alpha value is -0.770. The van der Waals surface area contributed by atoms with E-state index >= 15 is 0 Å². The first-order chi connectivity index (χ1) is 9.26. The standard InChI is InChI=1S/C15H27N3O/c16-8-10-4-5-13(6-10)18-15(19)17-9-12-7-14(12)11-2-1-3-11/h10-14H,1-9,16H2,(H2,17,18,19)/t10?,12-,13?,14-/m0/s1. The molecule has 3 fully saturated rings. The molecule has 4 N–H and O–H groups in total. The molecule has 4 nitrogen and oxygen atoms in total. The van der Waals surface area contributed by atoms with Crippen LogP contribution >= 0.6 is 0 Å². The van der Waals surface area contributed by atoms with Gasteiger partial charge in [-0.05, 0) is 55.9 Å². The molecular weight excluding hydrogens is 238 g/mol. The fourth-order valence-corrected chi connectivity index (χ4v) is 3.83. The minimum Gasteiger partial charge on any atom is -0.338 e. The van der Waals surface area contributed by atoms with Gasteiger partial charge in [-0.15, -0.1) is 0 Å². The molecule has 19 heavy (non-hydrogen) atoms. The highest BCUT2D eigenvalue weighted by molar-refractivity contribution is 5.74. The van der Waals surface area contributed by atoms with Gasteiger partial charge in [0.1, 0.15) is 0 Å². The summed E-state index contributed by atoms with van der Waals surface area (Å²) in [6, 6.07) is 0.372. The van der Waals surface area contributed by atoms with E-state index in [-0.39, 0.29) is 6.03 Å². The summed E-state index contributed by atoms with van der Waals surface area (Å²) in [5.41, 5.74) is 5.67. The molecule has 2 unspecified atom stereocenters. The minimum atomic E-state index is 0.0296. The van der Waals surface area contributed by atoms with Gasteiger partial charge in [-0.1, -0.05) is 19.3 Å². The van der Waals surface area contributed by atoms with E-state index in [1.54, 1.807) is 0 Å². The number of carbonyl (C=O) groups excluding carboxylic acids is 1. The molecule has 0 bridgehead atoms. The van der Waals surface area contributed by atoms with E-state index in [1.807, 2.05) is 0 Å². The van der Waals surface area contributed by atoms with E-state index in [9.17, 15) is 4.79 Å². The van der Waals surface area contributed by atoms with Crippen molar-refractivity contribution in [2.24, 2.45) is 29.4 Å². The number of nitrogens with one attached hydrogen (secondary N) is 2. The Balaban J connectivity index is 1.29. The van der Waals surface area contributed by atoms with Crippen LogP contribution in [0, 0.1) is 23.7 Å². The zero-order chi connectivity index (χ0) is 13.2. The first kappa shape index (κ1) is 13.2. The van der Waals surface area contributed by atoms with Crippen molar-refractivity contribution in [3.8, 4) is 0 Å². The Labute approximate surface area is 115 Å². The van der Waals surface area contributed by atoms with Gasteiger partial charge in [0.15, 0.2) is 0 Å². The predicted molar refractivity (Wildman–Crippen MR) is 75.7 cm³/mol. The molecule has 3 rings (SSSR count). The minimum absolute atomic E-state index is 0.0296. The Morgan fingerprint density at radius 1 is 1.16 bits per heavy atom. The summed E-state index contributed by atoms with van der Waals surface area (Å²) >= 11 is 0. The van der Waals surface area contributed by atoms with Crippen LogP contribution in [-0.4, -0.2) is 25.2 Å². The van der Waals surface area contributed by atoms with E-state index < -0.39 is 0 Å². The molecule has 2 amide bonds. The largest absolute Gasteiger partial charge is 0.338 e. The molecule has 0 aromatic heterocycles. The third-order valence-corrected chi connectivity index (χ3v) is 5.47. The fraction of sp³-hybridized carbons (Fsp3) is 0.933. The van der Waals surface area contributed by atoms with E-state index in [4.69, 9.17) is 5.73 Å². The quantitative estimate of drug-likeness (QED) is 0.710.